The lowest BCUT2D eigenvalue weighted by atomic mass is 9.88. The zero-order valence-electron chi connectivity index (χ0n) is 65.2. The van der Waals surface area contributed by atoms with E-state index >= 15 is 0 Å². The van der Waals surface area contributed by atoms with E-state index in [4.69, 9.17) is 9.60 Å². The highest BCUT2D eigenvalue weighted by Crippen LogP contribution is 2.29. The molecule has 0 N–H and O–H groups in total. The topological polar surface area (TPSA) is 0 Å². The summed E-state index contributed by atoms with van der Waals surface area (Å²) in [6.45, 7) is 60.2. The van der Waals surface area contributed by atoms with Crippen molar-refractivity contribution in [3.05, 3.63) is 0 Å². The first-order chi connectivity index (χ1) is 37.3. The van der Waals surface area contributed by atoms with Crippen molar-refractivity contribution in [1.82, 2.24) is 0 Å². The van der Waals surface area contributed by atoms with Crippen molar-refractivity contribution in [2.75, 3.05) is 0 Å². The summed E-state index contributed by atoms with van der Waals surface area (Å²) < 4.78 is 132. The number of unbranched alkanes of at least 4 members (excludes halogenated alkanes) is 3. The molecular formula is C69H155F7. The van der Waals surface area contributed by atoms with Crippen molar-refractivity contribution in [2.45, 2.75) is 406 Å². The first-order valence-corrected chi connectivity index (χ1v) is 31.6. The molecule has 76 heavy (non-hydrogen) atoms. The fourth-order valence-electron chi connectivity index (χ4n) is 4.96. The standard InChI is InChI=1S/C8H16.C7H14.C6H11F3.C6H13F.C6H14.C5H9F3.2C5H12.4C4H10.C3H8.C2H6/c1-2-8-6-4-3-5-7-8;1-2-7-5-3-4-6-7;1-3-4-5(2)6(7,8)9;1-4-5-6(2,3)7;1-4-5-6(2)3;1-3-4(2)5(6,7)8;1-4-5(2)3;1-3-5-4-2;2*1-4(2)3;2*1-3-4-2;1-3-2;1-2/h8H,2-7H2,1H3;7H,2-6H2,1H3;5H,3-4H2,1-2H3;4-5H2,1-3H3;6H,4-5H2,1-3H3;4H,3H2,1-2H3;5H,4H2,1-3H3;3-5H2,1-2H3;2*4H,1-3H3;2*3-4H2,1-2H3;3H2,1-2H3;1-2H3/i2*2D2;;;;;;;4D;;3D2;;;. The summed E-state index contributed by atoms with van der Waals surface area (Å²) >= 11 is 0. The second kappa shape index (κ2) is 85.8. The first kappa shape index (κ1) is 84.3. The van der Waals surface area contributed by atoms with Crippen LogP contribution in [0.25, 0.3) is 0 Å². The van der Waals surface area contributed by atoms with Gasteiger partial charge in [-0.15, -0.1) is 0 Å². The molecule has 0 spiro atoms. The number of alkyl halides is 7. The highest BCUT2D eigenvalue weighted by atomic mass is 19.4. The van der Waals surface area contributed by atoms with Gasteiger partial charge in [0.25, 0.3) is 0 Å². The Balaban J connectivity index is -0.0000000665. The van der Waals surface area contributed by atoms with E-state index in [-0.39, 0.29) is 18.7 Å². The summed E-state index contributed by atoms with van der Waals surface area (Å²) in [6.07, 6.45) is 15.1. The van der Waals surface area contributed by atoms with Crippen molar-refractivity contribution in [3.63, 3.8) is 0 Å². The molecule has 0 radical (unpaired) electrons. The van der Waals surface area contributed by atoms with Gasteiger partial charge >= 0.3 is 12.4 Å². The molecule has 0 heterocycles. The number of hydrogen-bond donors (Lipinski definition) is 0. The minimum absolute atomic E-state index is 0.170. The van der Waals surface area contributed by atoms with E-state index in [1.54, 1.807) is 41.5 Å². The number of rotatable bonds is 14. The maximum atomic E-state index is 12.4. The molecule has 0 aromatic carbocycles. The molecule has 0 amide bonds. The SMILES string of the molecule is CC.CC(C)C.CCC.CCC(C)C.CCC(C)C(F)(F)F.CCCC.CCCC(C)(C)F.CCCC(C)C.CCCC(C)C(F)(F)F.CCCCC.[2H]C(C)(C)C.[2H]C([2H])(C)C1CCCC1.[2H]C([2H])(C)C1CCCCC1.[2H]C([2H])(C)CC. The predicted octanol–water partition coefficient (Wildman–Crippen LogP) is 29.7. The minimum Gasteiger partial charge on any atom is -0.245 e. The third-order valence-corrected chi connectivity index (χ3v) is 10.3. The van der Waals surface area contributed by atoms with Gasteiger partial charge in [0.2, 0.25) is 0 Å². The monoisotopic (exact) mass is 1120 g/mol. The zero-order valence-corrected chi connectivity index (χ0v) is 58.2. The van der Waals surface area contributed by atoms with Gasteiger partial charge in [-0.2, -0.15) is 26.3 Å². The maximum absolute atomic E-state index is 12.4. The molecule has 2 rings (SSSR count). The molecule has 2 atom stereocenters. The predicted molar refractivity (Wildman–Crippen MR) is 344 cm³/mol. The van der Waals surface area contributed by atoms with Crippen LogP contribution < -0.4 is 0 Å². The molecule has 0 bridgehead atoms. The fraction of sp³-hybridized carbons (Fsp3) is 1.00. The summed E-state index contributed by atoms with van der Waals surface area (Å²) in [5.74, 6) is 0.758. The Morgan fingerprint density at radius 3 is 0.763 bits per heavy atom. The van der Waals surface area contributed by atoms with Crippen molar-refractivity contribution < 1.29 is 40.3 Å². The second-order valence-electron chi connectivity index (χ2n) is 22.4. The Bertz CT molecular complexity index is 1090. The Morgan fingerprint density at radius 2 is 0.697 bits per heavy atom. The molecular weight excluding hydrogens is 962 g/mol. The van der Waals surface area contributed by atoms with Crippen LogP contribution in [0, 0.1) is 47.3 Å². The molecule has 0 nitrogen and oxygen atoms in total. The summed E-state index contributed by atoms with van der Waals surface area (Å²) in [6, 6.07) is 0. The van der Waals surface area contributed by atoms with Gasteiger partial charge in [0.05, 0.1) is 11.8 Å². The average molecular weight is 1130 g/mol. The van der Waals surface area contributed by atoms with Gasteiger partial charge in [0.15, 0.2) is 0 Å². The summed E-state index contributed by atoms with van der Waals surface area (Å²) in [5.41, 5.74) is -0.950. The van der Waals surface area contributed by atoms with Gasteiger partial charge in [0, 0.05) is 9.60 Å². The maximum Gasteiger partial charge on any atom is 0.391 e. The summed E-state index contributed by atoms with van der Waals surface area (Å²) in [4.78, 5) is 0. The summed E-state index contributed by atoms with van der Waals surface area (Å²) in [7, 11) is 0. The van der Waals surface area contributed by atoms with E-state index in [1.807, 2.05) is 48.5 Å². The van der Waals surface area contributed by atoms with Crippen LogP contribution in [-0.4, -0.2) is 18.0 Å². The normalized spacial score (nSPS) is 15.4. The van der Waals surface area contributed by atoms with Crippen LogP contribution in [0.15, 0.2) is 0 Å². The first-order valence-electron chi connectivity index (χ1n) is 35.1. The molecule has 0 aliphatic heterocycles. The van der Waals surface area contributed by atoms with E-state index in [9.17, 15) is 30.7 Å². The molecule has 0 aromatic heterocycles. The van der Waals surface area contributed by atoms with Gasteiger partial charge in [-0.3, -0.25) is 0 Å². The molecule has 2 saturated carbocycles. The van der Waals surface area contributed by atoms with E-state index in [1.165, 1.54) is 111 Å². The van der Waals surface area contributed by atoms with Crippen LogP contribution in [0.3, 0.4) is 0 Å². The molecule has 2 unspecified atom stereocenters. The fourth-order valence-corrected chi connectivity index (χ4v) is 4.96. The second-order valence-corrected chi connectivity index (χ2v) is 22.4. The number of hydrogen-bond acceptors (Lipinski definition) is 0. The summed E-state index contributed by atoms with van der Waals surface area (Å²) in [5, 5.41) is 0. The van der Waals surface area contributed by atoms with Crippen LogP contribution in [-0.2, 0) is 0 Å². The number of halogens is 7. The van der Waals surface area contributed by atoms with Gasteiger partial charge < -0.3 is 0 Å². The highest BCUT2D eigenvalue weighted by Gasteiger charge is 2.35. The molecule has 7 heteroatoms. The highest BCUT2D eigenvalue weighted by molar-refractivity contribution is 4.65. The van der Waals surface area contributed by atoms with Crippen molar-refractivity contribution in [1.29, 1.82) is 0 Å². The third kappa shape index (κ3) is 164. The van der Waals surface area contributed by atoms with Crippen LogP contribution in [0.2, 0.25) is 0 Å². The van der Waals surface area contributed by atoms with Gasteiger partial charge in [-0.05, 0) is 68.6 Å². The van der Waals surface area contributed by atoms with Crippen LogP contribution >= 0.6 is 0 Å². The molecule has 480 valence electrons. The van der Waals surface area contributed by atoms with Gasteiger partial charge in [-0.25, -0.2) is 4.39 Å². The largest absolute Gasteiger partial charge is 0.391 e. The van der Waals surface area contributed by atoms with Gasteiger partial charge in [-0.1, -0.05) is 355 Å². The molecule has 2 fully saturated rings. The smallest absolute Gasteiger partial charge is 0.245 e. The lowest BCUT2D eigenvalue weighted by Gasteiger charge is -2.18. The quantitative estimate of drug-likeness (QED) is 0.152. The Morgan fingerprint density at radius 1 is 0.421 bits per heavy atom. The zero-order chi connectivity index (χ0) is 69.5. The lowest BCUT2D eigenvalue weighted by Crippen LogP contribution is -2.19. The van der Waals surface area contributed by atoms with E-state index in [0.29, 0.717) is 31.1 Å². The van der Waals surface area contributed by atoms with Crippen molar-refractivity contribution in [2.24, 2.45) is 47.3 Å². The van der Waals surface area contributed by atoms with E-state index in [0.717, 1.165) is 49.9 Å². The molecule has 2 aliphatic rings. The minimum atomic E-state index is -3.99. The van der Waals surface area contributed by atoms with E-state index in [2.05, 4.69) is 104 Å². The van der Waals surface area contributed by atoms with Crippen molar-refractivity contribution in [3.8, 4) is 0 Å². The molecule has 0 aromatic rings. The lowest BCUT2D eigenvalue weighted by molar-refractivity contribution is -0.171. The van der Waals surface area contributed by atoms with Crippen LogP contribution in [0.1, 0.15) is 397 Å². The third-order valence-electron chi connectivity index (χ3n) is 10.3. The molecule has 0 saturated heterocycles. The van der Waals surface area contributed by atoms with Gasteiger partial charge in [0.1, 0.15) is 5.67 Å². The molecule has 2 aliphatic carbocycles. The van der Waals surface area contributed by atoms with Crippen molar-refractivity contribution >= 4 is 0 Å². The Labute approximate surface area is 492 Å². The van der Waals surface area contributed by atoms with Crippen LogP contribution in [0.5, 0.6) is 0 Å². The van der Waals surface area contributed by atoms with Crippen LogP contribution in [0.4, 0.5) is 30.7 Å². The van der Waals surface area contributed by atoms with E-state index < -0.39 is 49.0 Å². The Hall–Kier alpha value is -0.490. The average Bonchev–Trinajstić information content (AvgIpc) is 3.89. The Kier molecular flexibility index (Phi) is 95.2.